The SMILES string of the molecule is Cc1cc2c(C(=O)O)c(OC[C@@H](Cc3ccccc3)NC(=O)OC(C)(C)C)ccc2cn1. The minimum absolute atomic E-state index is 0.0729. The van der Waals surface area contributed by atoms with Crippen molar-refractivity contribution in [1.29, 1.82) is 0 Å². The Morgan fingerprint density at radius 1 is 1.12 bits per heavy atom. The lowest BCUT2D eigenvalue weighted by atomic mass is 10.0. The third-order valence-corrected chi connectivity index (χ3v) is 4.70. The third kappa shape index (κ3) is 6.20. The minimum atomic E-state index is -1.09. The molecule has 7 nitrogen and oxygen atoms in total. The highest BCUT2D eigenvalue weighted by Crippen LogP contribution is 2.28. The van der Waals surface area contributed by atoms with Crippen molar-refractivity contribution in [1.82, 2.24) is 10.3 Å². The molecule has 0 spiro atoms. The Morgan fingerprint density at radius 2 is 1.84 bits per heavy atom. The summed E-state index contributed by atoms with van der Waals surface area (Å²) in [7, 11) is 0. The van der Waals surface area contributed by atoms with Gasteiger partial charge in [-0.05, 0) is 57.9 Å². The van der Waals surface area contributed by atoms with Gasteiger partial charge in [0.1, 0.15) is 23.5 Å². The van der Waals surface area contributed by atoms with E-state index in [0.717, 1.165) is 5.56 Å². The summed E-state index contributed by atoms with van der Waals surface area (Å²) in [6.07, 6.45) is 1.59. The first-order valence-electron chi connectivity index (χ1n) is 10.4. The first-order valence-corrected chi connectivity index (χ1v) is 10.4. The van der Waals surface area contributed by atoms with E-state index in [1.807, 2.05) is 30.3 Å². The number of amides is 1. The van der Waals surface area contributed by atoms with Crippen LogP contribution in [0.1, 0.15) is 42.4 Å². The zero-order valence-electron chi connectivity index (χ0n) is 18.7. The third-order valence-electron chi connectivity index (χ3n) is 4.70. The first-order chi connectivity index (χ1) is 15.1. The van der Waals surface area contributed by atoms with Gasteiger partial charge in [0.15, 0.2) is 0 Å². The molecular formula is C25H28N2O5. The van der Waals surface area contributed by atoms with E-state index in [9.17, 15) is 14.7 Å². The van der Waals surface area contributed by atoms with Gasteiger partial charge >= 0.3 is 12.1 Å². The Kier molecular flexibility index (Phi) is 6.98. The Hall–Kier alpha value is -3.61. The molecule has 0 fully saturated rings. The number of rotatable bonds is 7. The first kappa shape index (κ1) is 23.1. The minimum Gasteiger partial charge on any atom is -0.491 e. The van der Waals surface area contributed by atoms with Gasteiger partial charge in [-0.25, -0.2) is 9.59 Å². The molecule has 2 N–H and O–H groups in total. The molecule has 2 aromatic carbocycles. The molecule has 0 bridgehead atoms. The Bertz CT molecular complexity index is 1110. The van der Waals surface area contributed by atoms with Crippen molar-refractivity contribution in [3.05, 3.63) is 71.5 Å². The number of aromatic nitrogens is 1. The van der Waals surface area contributed by atoms with Gasteiger partial charge in [-0.2, -0.15) is 0 Å². The van der Waals surface area contributed by atoms with Crippen LogP contribution < -0.4 is 10.1 Å². The molecule has 0 saturated heterocycles. The van der Waals surface area contributed by atoms with Crippen LogP contribution in [-0.2, 0) is 11.2 Å². The number of hydrogen-bond acceptors (Lipinski definition) is 5. The van der Waals surface area contributed by atoms with E-state index in [0.29, 0.717) is 22.9 Å². The summed E-state index contributed by atoms with van der Waals surface area (Å²) in [5, 5.41) is 14.0. The standard InChI is InChI=1S/C25H28N2O5/c1-16-12-20-18(14-26-16)10-11-21(22(20)23(28)29)31-15-19(13-17-8-6-5-7-9-17)27-24(30)32-25(2,3)4/h5-12,14,19H,13,15H2,1-4H3,(H,27,30)(H,28,29)/t19-/m1/s1. The summed E-state index contributed by atoms with van der Waals surface area (Å²) in [6.45, 7) is 7.25. The average molecular weight is 437 g/mol. The maximum Gasteiger partial charge on any atom is 0.408 e. The molecule has 0 saturated carbocycles. The van der Waals surface area contributed by atoms with Crippen molar-refractivity contribution in [2.75, 3.05) is 6.61 Å². The van der Waals surface area contributed by atoms with Crippen LogP contribution in [0.3, 0.4) is 0 Å². The number of pyridine rings is 1. The summed E-state index contributed by atoms with van der Waals surface area (Å²) >= 11 is 0. The van der Waals surface area contributed by atoms with Crippen molar-refractivity contribution in [2.45, 2.75) is 45.8 Å². The fourth-order valence-corrected chi connectivity index (χ4v) is 3.36. The quantitative estimate of drug-likeness (QED) is 0.554. The van der Waals surface area contributed by atoms with Gasteiger partial charge < -0.3 is 19.9 Å². The van der Waals surface area contributed by atoms with E-state index in [4.69, 9.17) is 9.47 Å². The van der Waals surface area contributed by atoms with Gasteiger partial charge in [-0.3, -0.25) is 4.98 Å². The molecule has 7 heteroatoms. The number of carboxylic acid groups (broad SMARTS) is 1. The molecule has 3 rings (SSSR count). The van der Waals surface area contributed by atoms with Crippen molar-refractivity contribution in [3.63, 3.8) is 0 Å². The number of alkyl carbamates (subject to hydrolysis) is 1. The number of benzene rings is 2. The number of carboxylic acids is 1. The number of carbonyl (C=O) groups is 2. The van der Waals surface area contributed by atoms with Crippen LogP contribution in [0.5, 0.6) is 5.75 Å². The number of nitrogens with zero attached hydrogens (tertiary/aromatic N) is 1. The van der Waals surface area contributed by atoms with Crippen molar-refractivity contribution >= 4 is 22.8 Å². The molecule has 0 unspecified atom stereocenters. The number of hydrogen-bond donors (Lipinski definition) is 2. The van der Waals surface area contributed by atoms with E-state index in [1.54, 1.807) is 52.1 Å². The van der Waals surface area contributed by atoms with Gasteiger partial charge in [0, 0.05) is 22.7 Å². The molecule has 1 heterocycles. The van der Waals surface area contributed by atoms with Crippen LogP contribution in [-0.4, -0.2) is 40.4 Å². The normalized spacial score (nSPS) is 12.2. The van der Waals surface area contributed by atoms with Gasteiger partial charge in [-0.1, -0.05) is 30.3 Å². The van der Waals surface area contributed by atoms with Gasteiger partial charge in [0.2, 0.25) is 0 Å². The Balaban J connectivity index is 1.84. The van der Waals surface area contributed by atoms with E-state index in [1.165, 1.54) is 0 Å². The second-order valence-corrected chi connectivity index (χ2v) is 8.63. The Morgan fingerprint density at radius 3 is 2.50 bits per heavy atom. The molecule has 0 aliphatic rings. The smallest absolute Gasteiger partial charge is 0.408 e. The lowest BCUT2D eigenvalue weighted by Gasteiger charge is -2.24. The molecular weight excluding hydrogens is 408 g/mol. The van der Waals surface area contributed by atoms with Crippen LogP contribution in [0.15, 0.2) is 54.7 Å². The predicted molar refractivity (Wildman–Crippen MR) is 122 cm³/mol. The lowest BCUT2D eigenvalue weighted by Crippen LogP contribution is -2.43. The number of aromatic carboxylic acids is 1. The van der Waals surface area contributed by atoms with E-state index >= 15 is 0 Å². The molecule has 168 valence electrons. The highest BCUT2D eigenvalue weighted by Gasteiger charge is 2.22. The summed E-state index contributed by atoms with van der Waals surface area (Å²) in [5.41, 5.74) is 1.16. The van der Waals surface area contributed by atoms with Gasteiger partial charge in [-0.15, -0.1) is 0 Å². The van der Waals surface area contributed by atoms with E-state index in [2.05, 4.69) is 10.3 Å². The summed E-state index contributed by atoms with van der Waals surface area (Å²) < 4.78 is 11.3. The van der Waals surface area contributed by atoms with Gasteiger partial charge in [0.25, 0.3) is 0 Å². The van der Waals surface area contributed by atoms with Crippen molar-refractivity contribution < 1.29 is 24.2 Å². The molecule has 3 aromatic rings. The predicted octanol–water partition coefficient (Wildman–Crippen LogP) is 4.76. The van der Waals surface area contributed by atoms with Crippen LogP contribution in [0.25, 0.3) is 10.8 Å². The summed E-state index contributed by atoms with van der Waals surface area (Å²) in [6, 6.07) is 14.4. The molecule has 0 aliphatic heterocycles. The number of nitrogens with one attached hydrogen (secondary N) is 1. The highest BCUT2D eigenvalue weighted by atomic mass is 16.6. The monoisotopic (exact) mass is 436 g/mol. The second-order valence-electron chi connectivity index (χ2n) is 8.63. The van der Waals surface area contributed by atoms with Crippen LogP contribution >= 0.6 is 0 Å². The lowest BCUT2D eigenvalue weighted by molar-refractivity contribution is 0.0485. The summed E-state index contributed by atoms with van der Waals surface area (Å²) in [5.74, 6) is -0.851. The number of carbonyl (C=O) groups excluding carboxylic acids is 1. The van der Waals surface area contributed by atoms with Crippen LogP contribution in [0.4, 0.5) is 4.79 Å². The largest absolute Gasteiger partial charge is 0.491 e. The van der Waals surface area contributed by atoms with Gasteiger partial charge in [0.05, 0.1) is 6.04 Å². The van der Waals surface area contributed by atoms with E-state index < -0.39 is 23.7 Å². The molecule has 1 amide bonds. The van der Waals surface area contributed by atoms with Crippen molar-refractivity contribution in [2.24, 2.45) is 0 Å². The molecule has 0 aliphatic carbocycles. The molecule has 1 atom stereocenters. The number of aryl methyl sites for hydroxylation is 1. The topological polar surface area (TPSA) is 97.8 Å². The maximum atomic E-state index is 12.4. The van der Waals surface area contributed by atoms with E-state index in [-0.39, 0.29) is 17.9 Å². The zero-order valence-corrected chi connectivity index (χ0v) is 18.7. The molecule has 0 radical (unpaired) electrons. The maximum absolute atomic E-state index is 12.4. The fraction of sp³-hybridized carbons (Fsp3) is 0.320. The molecule has 1 aromatic heterocycles. The van der Waals surface area contributed by atoms with Crippen LogP contribution in [0, 0.1) is 6.92 Å². The Labute approximate surface area is 187 Å². The van der Waals surface area contributed by atoms with Crippen molar-refractivity contribution in [3.8, 4) is 5.75 Å². The van der Waals surface area contributed by atoms with Crippen LogP contribution in [0.2, 0.25) is 0 Å². The zero-order chi connectivity index (χ0) is 23.3. The second kappa shape index (κ2) is 9.68. The highest BCUT2D eigenvalue weighted by molar-refractivity contribution is 6.06. The average Bonchev–Trinajstić information content (AvgIpc) is 2.70. The molecule has 32 heavy (non-hydrogen) atoms. The summed E-state index contributed by atoms with van der Waals surface area (Å²) in [4.78, 5) is 28.6. The fourth-order valence-electron chi connectivity index (χ4n) is 3.36. The number of fused-ring (bicyclic) bond motifs is 1. The number of ether oxygens (including phenoxy) is 2.